The highest BCUT2D eigenvalue weighted by molar-refractivity contribution is 9.10. The third-order valence-electron chi connectivity index (χ3n) is 3.57. The summed E-state index contributed by atoms with van der Waals surface area (Å²) in [5.41, 5.74) is 12.1. The maximum Gasteiger partial charge on any atom is 0.149 e. The summed E-state index contributed by atoms with van der Waals surface area (Å²) in [6, 6.07) is 4.31. The molecule has 3 rings (SSSR count). The van der Waals surface area contributed by atoms with E-state index in [2.05, 4.69) is 47.0 Å². The fourth-order valence-corrected chi connectivity index (χ4v) is 3.67. The summed E-state index contributed by atoms with van der Waals surface area (Å²) in [5.74, 6) is 0.689. The Morgan fingerprint density at radius 1 is 1.28 bits per heavy atom. The number of nitrogens with zero attached hydrogens (tertiary/aromatic N) is 2. The molecule has 0 atom stereocenters. The van der Waals surface area contributed by atoms with Gasteiger partial charge >= 0.3 is 0 Å². The van der Waals surface area contributed by atoms with Gasteiger partial charge in [0.25, 0.3) is 0 Å². The van der Waals surface area contributed by atoms with Crippen LogP contribution in [0.25, 0.3) is 5.69 Å². The number of hydrogen-bond donors (Lipinski definition) is 1. The molecule has 0 saturated carbocycles. The predicted octanol–water partition coefficient (Wildman–Crippen LogP) is 3.32. The number of nitrogen functional groups attached to an aromatic ring is 1. The monoisotopic (exact) mass is 305 g/mol. The molecule has 94 valence electrons. The molecule has 3 nitrogen and oxygen atoms in total. The molecule has 18 heavy (non-hydrogen) atoms. The Morgan fingerprint density at radius 3 is 2.78 bits per heavy atom. The third-order valence-corrected chi connectivity index (χ3v) is 4.18. The largest absolute Gasteiger partial charge is 0.382 e. The lowest BCUT2D eigenvalue weighted by molar-refractivity contribution is 0.782. The smallest absolute Gasteiger partial charge is 0.149 e. The zero-order chi connectivity index (χ0) is 12.9. The second-order valence-corrected chi connectivity index (χ2v) is 5.84. The molecular formula is C14H16BrN3. The first kappa shape index (κ1) is 11.8. The number of halogens is 1. The van der Waals surface area contributed by atoms with Crippen LogP contribution in [0.5, 0.6) is 0 Å². The van der Waals surface area contributed by atoms with Crippen LogP contribution < -0.4 is 5.73 Å². The van der Waals surface area contributed by atoms with Gasteiger partial charge in [0.1, 0.15) is 5.82 Å². The Morgan fingerprint density at radius 2 is 2.06 bits per heavy atom. The third kappa shape index (κ3) is 1.67. The van der Waals surface area contributed by atoms with E-state index in [1.54, 1.807) is 0 Å². The highest BCUT2D eigenvalue weighted by Crippen LogP contribution is 2.33. The number of benzene rings is 1. The molecule has 2 aromatic rings. The van der Waals surface area contributed by atoms with E-state index in [1.807, 2.05) is 4.68 Å². The Bertz CT molecular complexity index is 605. The van der Waals surface area contributed by atoms with Gasteiger partial charge in [-0.25, -0.2) is 4.68 Å². The number of anilines is 1. The quantitative estimate of drug-likeness (QED) is 0.878. The molecule has 1 aliphatic rings. The van der Waals surface area contributed by atoms with Crippen LogP contribution in [-0.2, 0) is 12.8 Å². The molecule has 1 aromatic carbocycles. The van der Waals surface area contributed by atoms with Gasteiger partial charge in [0.05, 0.1) is 5.69 Å². The summed E-state index contributed by atoms with van der Waals surface area (Å²) in [6.45, 7) is 4.22. The first-order chi connectivity index (χ1) is 8.58. The first-order valence-corrected chi connectivity index (χ1v) is 7.00. The normalized spacial score (nSPS) is 13.9. The number of aryl methyl sites for hydroxylation is 2. The second-order valence-electron chi connectivity index (χ2n) is 4.99. The molecule has 0 amide bonds. The van der Waals surface area contributed by atoms with Crippen LogP contribution in [-0.4, -0.2) is 9.78 Å². The Kier molecular flexibility index (Phi) is 2.70. The highest BCUT2D eigenvalue weighted by Gasteiger charge is 2.23. The maximum absolute atomic E-state index is 6.01. The summed E-state index contributed by atoms with van der Waals surface area (Å²) in [7, 11) is 0. The van der Waals surface area contributed by atoms with Gasteiger partial charge in [-0.1, -0.05) is 6.07 Å². The predicted molar refractivity (Wildman–Crippen MR) is 77.2 cm³/mol. The zero-order valence-electron chi connectivity index (χ0n) is 10.6. The van der Waals surface area contributed by atoms with Crippen molar-refractivity contribution in [3.63, 3.8) is 0 Å². The number of aromatic nitrogens is 2. The van der Waals surface area contributed by atoms with Crippen LogP contribution in [0.15, 0.2) is 16.6 Å². The van der Waals surface area contributed by atoms with Crippen LogP contribution in [0, 0.1) is 13.8 Å². The molecule has 0 fully saturated rings. The van der Waals surface area contributed by atoms with E-state index in [-0.39, 0.29) is 0 Å². The number of hydrogen-bond acceptors (Lipinski definition) is 2. The Balaban J connectivity index is 2.25. The lowest BCUT2D eigenvalue weighted by Gasteiger charge is -2.12. The Hall–Kier alpha value is -1.29. The lowest BCUT2D eigenvalue weighted by atomic mass is 10.1. The first-order valence-electron chi connectivity index (χ1n) is 6.21. The molecule has 0 radical (unpaired) electrons. The van der Waals surface area contributed by atoms with Gasteiger partial charge < -0.3 is 5.73 Å². The molecule has 0 spiro atoms. The molecule has 0 aliphatic heterocycles. The SMILES string of the molecule is Cc1cc(C)c(-n2nc(N)c3c2CCC3)c(Br)c1. The van der Waals surface area contributed by atoms with Crippen LogP contribution in [0.2, 0.25) is 0 Å². The summed E-state index contributed by atoms with van der Waals surface area (Å²) in [4.78, 5) is 0. The van der Waals surface area contributed by atoms with E-state index in [4.69, 9.17) is 5.73 Å². The van der Waals surface area contributed by atoms with Crippen molar-refractivity contribution in [1.82, 2.24) is 9.78 Å². The van der Waals surface area contributed by atoms with Crippen molar-refractivity contribution in [2.24, 2.45) is 0 Å². The van der Waals surface area contributed by atoms with Crippen molar-refractivity contribution in [3.8, 4) is 5.69 Å². The molecule has 0 saturated heterocycles. The minimum atomic E-state index is 0.689. The Labute approximate surface area is 115 Å². The van der Waals surface area contributed by atoms with Crippen LogP contribution in [0.1, 0.15) is 28.8 Å². The average Bonchev–Trinajstić information content (AvgIpc) is 2.83. The molecule has 2 N–H and O–H groups in total. The van der Waals surface area contributed by atoms with Gasteiger partial charge in [0.2, 0.25) is 0 Å². The zero-order valence-corrected chi connectivity index (χ0v) is 12.2. The van der Waals surface area contributed by atoms with Crippen molar-refractivity contribution in [3.05, 3.63) is 39.0 Å². The van der Waals surface area contributed by atoms with Crippen molar-refractivity contribution >= 4 is 21.7 Å². The van der Waals surface area contributed by atoms with Crippen molar-refractivity contribution in [2.45, 2.75) is 33.1 Å². The van der Waals surface area contributed by atoms with Crippen molar-refractivity contribution < 1.29 is 0 Å². The molecule has 1 aliphatic carbocycles. The fraction of sp³-hybridized carbons (Fsp3) is 0.357. The van der Waals surface area contributed by atoms with Gasteiger partial charge in [-0.15, -0.1) is 0 Å². The van der Waals surface area contributed by atoms with E-state index in [9.17, 15) is 0 Å². The highest BCUT2D eigenvalue weighted by atomic mass is 79.9. The van der Waals surface area contributed by atoms with Crippen LogP contribution in [0.4, 0.5) is 5.82 Å². The average molecular weight is 306 g/mol. The van der Waals surface area contributed by atoms with E-state index < -0.39 is 0 Å². The van der Waals surface area contributed by atoms with E-state index in [0.29, 0.717) is 5.82 Å². The number of nitrogens with two attached hydrogens (primary N) is 1. The van der Waals surface area contributed by atoms with Crippen molar-refractivity contribution in [1.29, 1.82) is 0 Å². The van der Waals surface area contributed by atoms with Gasteiger partial charge in [0.15, 0.2) is 0 Å². The maximum atomic E-state index is 6.01. The summed E-state index contributed by atoms with van der Waals surface area (Å²) in [5, 5.41) is 4.52. The number of rotatable bonds is 1. The standard InChI is InChI=1S/C14H16BrN3/c1-8-6-9(2)13(11(15)7-8)18-12-5-3-4-10(12)14(16)17-18/h6-7H,3-5H2,1-2H3,(H2,16,17). The van der Waals surface area contributed by atoms with Crippen LogP contribution in [0.3, 0.4) is 0 Å². The van der Waals surface area contributed by atoms with E-state index in [0.717, 1.165) is 23.0 Å². The molecule has 0 bridgehead atoms. The fourth-order valence-electron chi connectivity index (χ4n) is 2.83. The van der Waals surface area contributed by atoms with E-state index >= 15 is 0 Å². The minimum absolute atomic E-state index is 0.689. The second kappa shape index (κ2) is 4.12. The van der Waals surface area contributed by atoms with Gasteiger partial charge in [-0.3, -0.25) is 0 Å². The number of fused-ring (bicyclic) bond motifs is 1. The van der Waals surface area contributed by atoms with Gasteiger partial charge in [0, 0.05) is 15.7 Å². The lowest BCUT2D eigenvalue weighted by Crippen LogP contribution is -2.05. The molecule has 0 unspecified atom stereocenters. The molecule has 1 heterocycles. The van der Waals surface area contributed by atoms with E-state index in [1.165, 1.54) is 28.8 Å². The molecule has 4 heteroatoms. The van der Waals surface area contributed by atoms with Gasteiger partial charge in [-0.2, -0.15) is 5.10 Å². The topological polar surface area (TPSA) is 43.8 Å². The minimum Gasteiger partial charge on any atom is -0.382 e. The molecular weight excluding hydrogens is 290 g/mol. The summed E-state index contributed by atoms with van der Waals surface area (Å²) in [6.07, 6.45) is 3.31. The van der Waals surface area contributed by atoms with Crippen molar-refractivity contribution in [2.75, 3.05) is 5.73 Å². The van der Waals surface area contributed by atoms with Crippen LogP contribution >= 0.6 is 15.9 Å². The summed E-state index contributed by atoms with van der Waals surface area (Å²) < 4.78 is 3.11. The molecule has 1 aromatic heterocycles. The summed E-state index contributed by atoms with van der Waals surface area (Å²) >= 11 is 3.65. The van der Waals surface area contributed by atoms with Gasteiger partial charge in [-0.05, 0) is 66.2 Å².